The molecule has 1 aromatic heterocycles. The maximum Gasteiger partial charge on any atom is 0.274 e. The molecule has 0 amide bonds. The third-order valence-corrected chi connectivity index (χ3v) is 3.10. The molecule has 2 aromatic rings. The lowest BCUT2D eigenvalue weighted by atomic mass is 10.1. The number of nitrogens with zero attached hydrogens (tertiary/aromatic N) is 2. The van der Waals surface area contributed by atoms with Crippen molar-refractivity contribution in [2.75, 3.05) is 0 Å². The average molecular weight is 259 g/mol. The Morgan fingerprint density at radius 3 is 2.72 bits per heavy atom. The molecule has 0 unspecified atom stereocenters. The van der Waals surface area contributed by atoms with E-state index in [4.69, 9.17) is 16.9 Å². The molecule has 0 aliphatic heterocycles. The lowest BCUT2D eigenvalue weighted by Gasteiger charge is -2.10. The Kier molecular flexibility index (Phi) is 3.50. The highest BCUT2D eigenvalue weighted by atomic mass is 35.5. The predicted octanol–water partition coefficient (Wildman–Crippen LogP) is 2.92. The molecule has 0 N–H and O–H groups in total. The van der Waals surface area contributed by atoms with E-state index in [1.807, 2.05) is 37.3 Å². The maximum atomic E-state index is 12.1. The van der Waals surface area contributed by atoms with Gasteiger partial charge in [0.1, 0.15) is 11.6 Å². The van der Waals surface area contributed by atoms with Crippen LogP contribution in [0.2, 0.25) is 5.02 Å². The first-order chi connectivity index (χ1) is 8.69. The Balaban J connectivity index is 2.74. The average Bonchev–Trinajstić information content (AvgIpc) is 2.39. The summed E-state index contributed by atoms with van der Waals surface area (Å²) >= 11 is 5.83. The second-order valence-electron chi connectivity index (χ2n) is 3.81. The van der Waals surface area contributed by atoms with Crippen LogP contribution < -0.4 is 5.56 Å². The lowest BCUT2D eigenvalue weighted by Crippen LogP contribution is -2.21. The van der Waals surface area contributed by atoms with Crippen molar-refractivity contribution in [1.82, 2.24) is 4.57 Å². The Bertz CT molecular complexity index is 683. The first-order valence-electron chi connectivity index (χ1n) is 5.58. The summed E-state index contributed by atoms with van der Waals surface area (Å²) in [6.07, 6.45) is 2.41. The summed E-state index contributed by atoms with van der Waals surface area (Å²) in [7, 11) is 0. The first kappa shape index (κ1) is 12.4. The van der Waals surface area contributed by atoms with Crippen molar-refractivity contribution in [2.24, 2.45) is 0 Å². The van der Waals surface area contributed by atoms with Gasteiger partial charge in [0.2, 0.25) is 0 Å². The van der Waals surface area contributed by atoms with Gasteiger partial charge in [-0.2, -0.15) is 5.26 Å². The molecule has 0 aliphatic carbocycles. The van der Waals surface area contributed by atoms with Crippen LogP contribution in [0.5, 0.6) is 0 Å². The van der Waals surface area contributed by atoms with Crippen molar-refractivity contribution in [3.63, 3.8) is 0 Å². The number of pyridine rings is 1. The van der Waals surface area contributed by atoms with Crippen molar-refractivity contribution in [3.05, 3.63) is 63.0 Å². The fraction of sp³-hybridized carbons (Fsp3) is 0.143. The smallest absolute Gasteiger partial charge is 0.274 e. The van der Waals surface area contributed by atoms with E-state index in [1.165, 1.54) is 4.57 Å². The minimum absolute atomic E-state index is 0.0231. The van der Waals surface area contributed by atoms with Gasteiger partial charge in [0, 0.05) is 6.20 Å². The molecule has 0 atom stereocenters. The molecule has 90 valence electrons. The van der Waals surface area contributed by atoms with Crippen molar-refractivity contribution in [1.29, 1.82) is 5.26 Å². The third kappa shape index (κ3) is 2.03. The number of halogens is 1. The number of hydrogen-bond acceptors (Lipinski definition) is 2. The van der Waals surface area contributed by atoms with Crippen molar-refractivity contribution >= 4 is 11.6 Å². The number of benzene rings is 1. The van der Waals surface area contributed by atoms with E-state index in [9.17, 15) is 4.79 Å². The molecule has 0 radical (unpaired) electrons. The maximum absolute atomic E-state index is 12.1. The second-order valence-corrected chi connectivity index (χ2v) is 4.22. The quantitative estimate of drug-likeness (QED) is 0.831. The van der Waals surface area contributed by atoms with Gasteiger partial charge in [-0.05, 0) is 24.1 Å². The highest BCUT2D eigenvalue weighted by Gasteiger charge is 2.10. The SMILES string of the molecule is CCc1ccccc1-n1ccc(Cl)c(C#N)c1=O. The molecule has 0 fully saturated rings. The fourth-order valence-corrected chi connectivity index (χ4v) is 2.03. The van der Waals surface area contributed by atoms with Crippen LogP contribution >= 0.6 is 11.6 Å². The monoisotopic (exact) mass is 258 g/mol. The summed E-state index contributed by atoms with van der Waals surface area (Å²) in [6.45, 7) is 2.02. The number of aryl methyl sites for hydroxylation is 1. The van der Waals surface area contributed by atoms with Gasteiger partial charge in [-0.25, -0.2) is 0 Å². The molecule has 1 heterocycles. The van der Waals surface area contributed by atoms with E-state index in [1.54, 1.807) is 12.3 Å². The molecule has 1 aromatic carbocycles. The highest BCUT2D eigenvalue weighted by molar-refractivity contribution is 6.31. The zero-order valence-electron chi connectivity index (χ0n) is 9.85. The number of nitriles is 1. The molecule has 0 bridgehead atoms. The highest BCUT2D eigenvalue weighted by Crippen LogP contribution is 2.16. The summed E-state index contributed by atoms with van der Waals surface area (Å²) < 4.78 is 1.46. The van der Waals surface area contributed by atoms with E-state index in [2.05, 4.69) is 0 Å². The van der Waals surface area contributed by atoms with Crippen LogP contribution in [0.3, 0.4) is 0 Å². The third-order valence-electron chi connectivity index (χ3n) is 2.79. The summed E-state index contributed by atoms with van der Waals surface area (Å²) in [5.41, 5.74) is 1.43. The van der Waals surface area contributed by atoms with Gasteiger partial charge in [-0.15, -0.1) is 0 Å². The van der Waals surface area contributed by atoms with Gasteiger partial charge in [-0.3, -0.25) is 9.36 Å². The van der Waals surface area contributed by atoms with Crippen LogP contribution in [0.4, 0.5) is 0 Å². The fourth-order valence-electron chi connectivity index (χ4n) is 1.85. The number of rotatable bonds is 2. The van der Waals surface area contributed by atoms with Gasteiger partial charge >= 0.3 is 0 Å². The topological polar surface area (TPSA) is 45.8 Å². The van der Waals surface area contributed by atoms with E-state index in [0.29, 0.717) is 0 Å². The molecular formula is C14H11ClN2O. The zero-order chi connectivity index (χ0) is 13.1. The second kappa shape index (κ2) is 5.07. The van der Waals surface area contributed by atoms with Crippen LogP contribution in [0.15, 0.2) is 41.3 Å². The van der Waals surface area contributed by atoms with Gasteiger partial charge < -0.3 is 0 Å². The van der Waals surface area contributed by atoms with Gasteiger partial charge in [0.15, 0.2) is 0 Å². The Morgan fingerprint density at radius 2 is 2.06 bits per heavy atom. The van der Waals surface area contributed by atoms with Crippen LogP contribution in [0.1, 0.15) is 18.1 Å². The molecule has 0 spiro atoms. The van der Waals surface area contributed by atoms with E-state index in [-0.39, 0.29) is 16.1 Å². The van der Waals surface area contributed by atoms with Gasteiger partial charge in [-0.1, -0.05) is 36.7 Å². The molecule has 0 aliphatic rings. The van der Waals surface area contributed by atoms with Crippen LogP contribution in [0, 0.1) is 11.3 Å². The minimum atomic E-state index is -0.383. The summed E-state index contributed by atoms with van der Waals surface area (Å²) in [4.78, 5) is 12.1. The van der Waals surface area contributed by atoms with Crippen LogP contribution in [-0.4, -0.2) is 4.57 Å². The lowest BCUT2D eigenvalue weighted by molar-refractivity contribution is 0.950. The molecule has 3 nitrogen and oxygen atoms in total. The Morgan fingerprint density at radius 1 is 1.33 bits per heavy atom. The number of aromatic nitrogens is 1. The Hall–Kier alpha value is -2.05. The van der Waals surface area contributed by atoms with Gasteiger partial charge in [0.05, 0.1) is 10.7 Å². The van der Waals surface area contributed by atoms with Crippen molar-refractivity contribution in [2.45, 2.75) is 13.3 Å². The Labute approximate surface area is 110 Å². The minimum Gasteiger partial charge on any atom is -0.283 e. The zero-order valence-corrected chi connectivity index (χ0v) is 10.6. The number of para-hydroxylation sites is 1. The summed E-state index contributed by atoms with van der Waals surface area (Å²) in [6, 6.07) is 11.0. The van der Waals surface area contributed by atoms with Crippen molar-refractivity contribution < 1.29 is 0 Å². The molecule has 0 saturated heterocycles. The molecule has 4 heteroatoms. The summed E-state index contributed by atoms with van der Waals surface area (Å²) in [5.74, 6) is 0. The largest absolute Gasteiger partial charge is 0.283 e. The van der Waals surface area contributed by atoms with Gasteiger partial charge in [0.25, 0.3) is 5.56 Å². The number of hydrogen-bond donors (Lipinski definition) is 0. The molecule has 2 rings (SSSR count). The van der Waals surface area contributed by atoms with E-state index < -0.39 is 0 Å². The first-order valence-corrected chi connectivity index (χ1v) is 5.96. The molecule has 0 saturated carbocycles. The van der Waals surface area contributed by atoms with Crippen molar-refractivity contribution in [3.8, 4) is 11.8 Å². The van der Waals surface area contributed by atoms with Crippen LogP contribution in [-0.2, 0) is 6.42 Å². The molecular weight excluding hydrogens is 248 g/mol. The van der Waals surface area contributed by atoms with E-state index in [0.717, 1.165) is 17.7 Å². The van der Waals surface area contributed by atoms with Crippen LogP contribution in [0.25, 0.3) is 5.69 Å². The standard InChI is InChI=1S/C14H11ClN2O/c1-2-10-5-3-4-6-13(10)17-8-7-12(15)11(9-16)14(17)18/h3-8H,2H2,1H3. The predicted molar refractivity (Wildman–Crippen MR) is 71.1 cm³/mol. The molecule has 18 heavy (non-hydrogen) atoms. The van der Waals surface area contributed by atoms with E-state index >= 15 is 0 Å². The summed E-state index contributed by atoms with van der Waals surface area (Å²) in [5, 5.41) is 9.14. The normalized spacial score (nSPS) is 10.1.